The number of anilines is 1. The lowest BCUT2D eigenvalue weighted by atomic mass is 10.2. The smallest absolute Gasteiger partial charge is 0.275 e. The van der Waals surface area contributed by atoms with Crippen LogP contribution in [0, 0.1) is 11.3 Å². The molecular formula is C17H10BrN3O3. The van der Waals surface area contributed by atoms with Gasteiger partial charge in [-0.05, 0) is 52.3 Å². The maximum absolute atomic E-state index is 11.6. The largest absolute Gasteiger partial charge is 0.456 e. The van der Waals surface area contributed by atoms with Crippen LogP contribution in [0.15, 0.2) is 58.7 Å². The molecule has 0 saturated heterocycles. The van der Waals surface area contributed by atoms with Gasteiger partial charge in [-0.2, -0.15) is 5.26 Å². The first-order chi connectivity index (χ1) is 11.6. The van der Waals surface area contributed by atoms with Crippen molar-refractivity contribution < 1.29 is 14.3 Å². The normalized spacial score (nSPS) is 13.5. The van der Waals surface area contributed by atoms with Crippen molar-refractivity contribution in [3.63, 3.8) is 0 Å². The molecule has 1 aliphatic rings. The minimum absolute atomic E-state index is 0.156. The molecule has 0 fully saturated rings. The molecule has 1 aliphatic heterocycles. The number of nitrogens with zero attached hydrogens (tertiary/aromatic N) is 1. The van der Waals surface area contributed by atoms with Gasteiger partial charge in [0.2, 0.25) is 0 Å². The van der Waals surface area contributed by atoms with Crippen LogP contribution in [0.1, 0.15) is 5.56 Å². The maximum atomic E-state index is 11.6. The van der Waals surface area contributed by atoms with Gasteiger partial charge in [-0.25, -0.2) is 0 Å². The molecule has 2 N–H and O–H groups in total. The Morgan fingerprint density at radius 3 is 2.38 bits per heavy atom. The first-order valence-electron chi connectivity index (χ1n) is 6.88. The number of carbonyl (C=O) groups is 2. The highest BCUT2D eigenvalue weighted by Crippen LogP contribution is 2.27. The van der Waals surface area contributed by atoms with Gasteiger partial charge in [-0.15, -0.1) is 0 Å². The number of amides is 2. The first kappa shape index (κ1) is 15.8. The van der Waals surface area contributed by atoms with Crippen molar-refractivity contribution in [3.8, 4) is 17.6 Å². The van der Waals surface area contributed by atoms with Gasteiger partial charge >= 0.3 is 0 Å². The molecule has 0 radical (unpaired) electrons. The van der Waals surface area contributed by atoms with Crippen molar-refractivity contribution in [1.29, 1.82) is 5.26 Å². The standard InChI is InChI=1S/C17H10BrN3O3/c18-14-15(17(23)21-16(14)22)20-11-5-7-12(8-6-11)24-13-4-2-1-3-10(13)9-19/h1-8H,(H2,20,21,22,23). The fourth-order valence-electron chi connectivity index (χ4n) is 2.07. The number of rotatable bonds is 4. The van der Waals surface area contributed by atoms with Crippen molar-refractivity contribution in [1.82, 2.24) is 5.32 Å². The van der Waals surface area contributed by atoms with E-state index in [4.69, 9.17) is 10.00 Å². The minimum Gasteiger partial charge on any atom is -0.456 e. The molecule has 0 atom stereocenters. The summed E-state index contributed by atoms with van der Waals surface area (Å²) >= 11 is 3.07. The summed E-state index contributed by atoms with van der Waals surface area (Å²) in [4.78, 5) is 23.0. The van der Waals surface area contributed by atoms with Gasteiger partial charge in [0, 0.05) is 5.69 Å². The molecule has 7 heteroatoms. The molecule has 0 spiro atoms. The summed E-state index contributed by atoms with van der Waals surface area (Å²) in [6.45, 7) is 0. The zero-order valence-electron chi connectivity index (χ0n) is 12.2. The number of carbonyl (C=O) groups excluding carboxylic acids is 2. The van der Waals surface area contributed by atoms with Crippen LogP contribution in [0.4, 0.5) is 5.69 Å². The van der Waals surface area contributed by atoms with E-state index in [1.807, 2.05) is 0 Å². The van der Waals surface area contributed by atoms with Crippen molar-refractivity contribution in [2.24, 2.45) is 0 Å². The van der Waals surface area contributed by atoms with E-state index in [0.717, 1.165) is 0 Å². The van der Waals surface area contributed by atoms with Gasteiger partial charge in [0.25, 0.3) is 11.8 Å². The van der Waals surface area contributed by atoms with E-state index in [2.05, 4.69) is 32.6 Å². The highest BCUT2D eigenvalue weighted by molar-refractivity contribution is 9.12. The number of halogens is 1. The second-order valence-corrected chi connectivity index (χ2v) is 5.62. The van der Waals surface area contributed by atoms with Gasteiger partial charge in [-0.1, -0.05) is 12.1 Å². The number of benzene rings is 2. The Hall–Kier alpha value is -3.11. The van der Waals surface area contributed by atoms with Gasteiger partial charge < -0.3 is 10.1 Å². The highest BCUT2D eigenvalue weighted by Gasteiger charge is 2.28. The average Bonchev–Trinajstić information content (AvgIpc) is 2.83. The number of hydrogen-bond acceptors (Lipinski definition) is 5. The first-order valence-corrected chi connectivity index (χ1v) is 7.67. The van der Waals surface area contributed by atoms with Crippen LogP contribution in [0.5, 0.6) is 11.5 Å². The van der Waals surface area contributed by atoms with E-state index in [1.165, 1.54) is 0 Å². The van der Waals surface area contributed by atoms with Crippen LogP contribution in [0.25, 0.3) is 0 Å². The summed E-state index contributed by atoms with van der Waals surface area (Å²) in [6.07, 6.45) is 0. The minimum atomic E-state index is -0.491. The third kappa shape index (κ3) is 3.14. The quantitative estimate of drug-likeness (QED) is 0.791. The summed E-state index contributed by atoms with van der Waals surface area (Å²) in [5.41, 5.74) is 1.21. The van der Waals surface area contributed by atoms with Crippen LogP contribution in [0.2, 0.25) is 0 Å². The van der Waals surface area contributed by atoms with Crippen LogP contribution in [-0.2, 0) is 9.59 Å². The number of nitriles is 1. The lowest BCUT2D eigenvalue weighted by Crippen LogP contribution is -2.24. The number of nitrogens with one attached hydrogen (secondary N) is 2. The molecule has 2 amide bonds. The molecule has 6 nitrogen and oxygen atoms in total. The monoisotopic (exact) mass is 383 g/mol. The topological polar surface area (TPSA) is 91.2 Å². The molecule has 1 heterocycles. The van der Waals surface area contributed by atoms with E-state index < -0.39 is 11.8 Å². The van der Waals surface area contributed by atoms with E-state index in [0.29, 0.717) is 22.7 Å². The second-order valence-electron chi connectivity index (χ2n) is 4.83. The van der Waals surface area contributed by atoms with Crippen LogP contribution >= 0.6 is 15.9 Å². The lowest BCUT2D eigenvalue weighted by molar-refractivity contribution is -0.123. The van der Waals surface area contributed by atoms with E-state index in [9.17, 15) is 9.59 Å². The molecule has 0 aliphatic carbocycles. The number of imide groups is 1. The summed E-state index contributed by atoms with van der Waals surface area (Å²) < 4.78 is 5.84. The van der Waals surface area contributed by atoms with E-state index in [1.54, 1.807) is 48.5 Å². The van der Waals surface area contributed by atoms with Gasteiger partial charge in [-0.3, -0.25) is 14.9 Å². The number of ether oxygens (including phenoxy) is 1. The third-order valence-corrected chi connectivity index (χ3v) is 3.99. The van der Waals surface area contributed by atoms with Crippen molar-refractivity contribution in [2.75, 3.05) is 5.32 Å². The molecule has 24 heavy (non-hydrogen) atoms. The predicted octanol–water partition coefficient (Wildman–Crippen LogP) is 3.03. The Labute approximate surface area is 145 Å². The third-order valence-electron chi connectivity index (χ3n) is 3.23. The molecule has 118 valence electrons. The molecule has 2 aromatic rings. The van der Waals surface area contributed by atoms with E-state index in [-0.39, 0.29) is 10.2 Å². The Morgan fingerprint density at radius 1 is 1.04 bits per heavy atom. The highest BCUT2D eigenvalue weighted by atomic mass is 79.9. The SMILES string of the molecule is N#Cc1ccccc1Oc1ccc(NC2=C(Br)C(=O)NC2=O)cc1. The number of hydrogen-bond donors (Lipinski definition) is 2. The second kappa shape index (κ2) is 6.56. The Balaban J connectivity index is 1.76. The maximum Gasteiger partial charge on any atom is 0.275 e. The van der Waals surface area contributed by atoms with Crippen LogP contribution in [0.3, 0.4) is 0 Å². The van der Waals surface area contributed by atoms with Crippen molar-refractivity contribution >= 4 is 33.4 Å². The van der Waals surface area contributed by atoms with Crippen molar-refractivity contribution in [3.05, 3.63) is 64.3 Å². The summed E-state index contributed by atoms with van der Waals surface area (Å²) in [5, 5.41) is 14.1. The molecule has 2 aromatic carbocycles. The Morgan fingerprint density at radius 2 is 1.75 bits per heavy atom. The molecule has 3 rings (SSSR count). The van der Waals surface area contributed by atoms with Gasteiger partial charge in [0.15, 0.2) is 0 Å². The van der Waals surface area contributed by atoms with Crippen LogP contribution in [-0.4, -0.2) is 11.8 Å². The molecule has 0 saturated carbocycles. The van der Waals surface area contributed by atoms with Crippen LogP contribution < -0.4 is 15.4 Å². The zero-order valence-corrected chi connectivity index (χ0v) is 13.8. The fraction of sp³-hybridized carbons (Fsp3) is 0. The van der Waals surface area contributed by atoms with E-state index >= 15 is 0 Å². The molecule has 0 bridgehead atoms. The molecule has 0 unspecified atom stereocenters. The summed E-state index contributed by atoms with van der Waals surface area (Å²) in [7, 11) is 0. The van der Waals surface area contributed by atoms with Gasteiger partial charge in [0.1, 0.15) is 27.7 Å². The van der Waals surface area contributed by atoms with Gasteiger partial charge in [0.05, 0.1) is 5.56 Å². The molecule has 0 aromatic heterocycles. The Kier molecular flexibility index (Phi) is 4.31. The molecular weight excluding hydrogens is 374 g/mol. The summed E-state index contributed by atoms with van der Waals surface area (Å²) in [6, 6.07) is 15.8. The fourth-order valence-corrected chi connectivity index (χ4v) is 2.45. The number of para-hydroxylation sites is 1. The van der Waals surface area contributed by atoms with Crippen molar-refractivity contribution in [2.45, 2.75) is 0 Å². The summed E-state index contributed by atoms with van der Waals surface area (Å²) in [5.74, 6) is 0.0425. The lowest BCUT2D eigenvalue weighted by Gasteiger charge is -2.09. The predicted molar refractivity (Wildman–Crippen MR) is 90.4 cm³/mol. The Bertz CT molecular complexity index is 898. The average molecular weight is 384 g/mol. The zero-order chi connectivity index (χ0) is 17.1.